The van der Waals surface area contributed by atoms with E-state index < -0.39 is 6.04 Å². The van der Waals surface area contributed by atoms with Crippen LogP contribution in [0.2, 0.25) is 10.0 Å². The third-order valence-electron chi connectivity index (χ3n) is 5.45. The molecular weight excluding hydrogens is 487 g/mol. The summed E-state index contributed by atoms with van der Waals surface area (Å²) in [4.78, 5) is 28.1. The van der Waals surface area contributed by atoms with Crippen molar-refractivity contribution in [3.8, 4) is 0 Å². The number of aryl methyl sites for hydroxylation is 1. The molecule has 4 nitrogen and oxygen atoms in total. The van der Waals surface area contributed by atoms with Gasteiger partial charge in [-0.1, -0.05) is 89.4 Å². The number of nitrogens with one attached hydrogen (secondary N) is 1. The summed E-state index contributed by atoms with van der Waals surface area (Å²) in [6.45, 7) is 2.26. The Morgan fingerprint density at radius 2 is 1.71 bits per heavy atom. The van der Waals surface area contributed by atoms with Crippen molar-refractivity contribution in [1.82, 2.24) is 10.2 Å². The van der Waals surface area contributed by atoms with Gasteiger partial charge in [-0.2, -0.15) is 0 Å². The largest absolute Gasteiger partial charge is 0.357 e. The van der Waals surface area contributed by atoms with E-state index >= 15 is 0 Å². The molecule has 0 bridgehead atoms. The minimum atomic E-state index is -0.675. The van der Waals surface area contributed by atoms with Crippen molar-refractivity contribution in [2.24, 2.45) is 0 Å². The molecule has 0 aliphatic carbocycles. The highest BCUT2D eigenvalue weighted by Crippen LogP contribution is 2.25. The summed E-state index contributed by atoms with van der Waals surface area (Å²) in [5, 5.41) is 3.71. The Morgan fingerprint density at radius 3 is 2.38 bits per heavy atom. The zero-order chi connectivity index (χ0) is 24.5. The van der Waals surface area contributed by atoms with E-state index in [4.69, 9.17) is 23.2 Å². The van der Waals surface area contributed by atoms with Gasteiger partial charge in [0.25, 0.3) is 0 Å². The molecule has 0 aliphatic heterocycles. The standard InChI is InChI=1S/C27H28Cl2N2O2S/c1-19-7-6-10-21(13-19)17-34-18-26(32)31(16-22-11-12-23(28)15-24(22)29)25(27(33)30-2)14-20-8-4-3-5-9-20/h3-13,15,25H,14,16-18H2,1-2H3,(H,30,33)/t25-/m0/s1. The Balaban J connectivity index is 1.84. The van der Waals surface area contributed by atoms with Crippen molar-refractivity contribution in [3.05, 3.63) is 105 Å². The number of carbonyl (C=O) groups excluding carboxylic acids is 2. The Morgan fingerprint density at radius 1 is 0.971 bits per heavy atom. The van der Waals surface area contributed by atoms with E-state index in [-0.39, 0.29) is 24.1 Å². The van der Waals surface area contributed by atoms with Gasteiger partial charge in [0.05, 0.1) is 5.75 Å². The molecule has 3 aromatic rings. The van der Waals surface area contributed by atoms with Crippen molar-refractivity contribution in [3.63, 3.8) is 0 Å². The Bertz CT molecular complexity index is 1120. The molecule has 1 N–H and O–H groups in total. The van der Waals surface area contributed by atoms with E-state index in [0.717, 1.165) is 16.7 Å². The minimum absolute atomic E-state index is 0.117. The Labute approximate surface area is 215 Å². The molecule has 3 aromatic carbocycles. The maximum atomic E-state index is 13.5. The number of carbonyl (C=O) groups is 2. The minimum Gasteiger partial charge on any atom is -0.357 e. The van der Waals surface area contributed by atoms with Crippen LogP contribution in [0, 0.1) is 6.92 Å². The van der Waals surface area contributed by atoms with Crippen LogP contribution in [0.25, 0.3) is 0 Å². The fourth-order valence-electron chi connectivity index (χ4n) is 3.70. The van der Waals surface area contributed by atoms with Crippen LogP contribution >= 0.6 is 35.0 Å². The van der Waals surface area contributed by atoms with E-state index in [0.29, 0.717) is 22.2 Å². The number of thioether (sulfide) groups is 1. The number of halogens is 2. The molecule has 2 amide bonds. The quantitative estimate of drug-likeness (QED) is 0.365. The van der Waals surface area contributed by atoms with Gasteiger partial charge in [-0.15, -0.1) is 11.8 Å². The molecule has 0 saturated heterocycles. The molecule has 7 heteroatoms. The summed E-state index contributed by atoms with van der Waals surface area (Å²) in [5.41, 5.74) is 4.07. The van der Waals surface area contributed by atoms with Gasteiger partial charge in [-0.05, 0) is 35.7 Å². The highest BCUT2D eigenvalue weighted by atomic mass is 35.5. The average molecular weight is 516 g/mol. The number of nitrogens with zero attached hydrogens (tertiary/aromatic N) is 1. The average Bonchev–Trinajstić information content (AvgIpc) is 2.82. The van der Waals surface area contributed by atoms with Gasteiger partial charge in [0.15, 0.2) is 0 Å². The zero-order valence-electron chi connectivity index (χ0n) is 19.3. The number of hydrogen-bond acceptors (Lipinski definition) is 3. The summed E-state index contributed by atoms with van der Waals surface area (Å²) in [6, 6.07) is 22.5. The highest BCUT2D eigenvalue weighted by molar-refractivity contribution is 7.99. The molecule has 0 aliphatic rings. The van der Waals surface area contributed by atoms with E-state index in [1.165, 1.54) is 17.3 Å². The van der Waals surface area contributed by atoms with Crippen LogP contribution in [0.1, 0.15) is 22.3 Å². The van der Waals surface area contributed by atoms with Crippen LogP contribution in [0.15, 0.2) is 72.8 Å². The van der Waals surface area contributed by atoms with Gasteiger partial charge in [-0.3, -0.25) is 9.59 Å². The van der Waals surface area contributed by atoms with Gasteiger partial charge in [0.2, 0.25) is 11.8 Å². The molecule has 0 saturated carbocycles. The van der Waals surface area contributed by atoms with E-state index in [1.807, 2.05) is 36.4 Å². The molecule has 178 valence electrons. The maximum absolute atomic E-state index is 13.5. The first kappa shape index (κ1) is 26.1. The molecule has 0 radical (unpaired) electrons. The second-order valence-electron chi connectivity index (χ2n) is 8.06. The number of likely N-dealkylation sites (N-methyl/N-ethyl adjacent to an activating group) is 1. The molecule has 0 fully saturated rings. The lowest BCUT2D eigenvalue weighted by Gasteiger charge is -2.31. The van der Waals surface area contributed by atoms with Crippen LogP contribution in [-0.2, 0) is 28.3 Å². The molecular formula is C27H28Cl2N2O2S. The van der Waals surface area contributed by atoms with Crippen molar-refractivity contribution < 1.29 is 9.59 Å². The fraction of sp³-hybridized carbons (Fsp3) is 0.259. The first-order valence-corrected chi connectivity index (χ1v) is 12.9. The van der Waals surface area contributed by atoms with Crippen molar-refractivity contribution in [2.45, 2.75) is 31.7 Å². The highest BCUT2D eigenvalue weighted by Gasteiger charge is 2.30. The fourth-order valence-corrected chi connectivity index (χ4v) is 5.02. The zero-order valence-corrected chi connectivity index (χ0v) is 21.6. The third kappa shape index (κ3) is 7.52. The summed E-state index contributed by atoms with van der Waals surface area (Å²) in [7, 11) is 1.59. The SMILES string of the molecule is CNC(=O)[C@H](Cc1ccccc1)N(Cc1ccc(Cl)cc1Cl)C(=O)CSCc1cccc(C)c1. The van der Waals surface area contributed by atoms with Crippen LogP contribution in [0.5, 0.6) is 0 Å². The second-order valence-corrected chi connectivity index (χ2v) is 9.89. The molecule has 0 unspecified atom stereocenters. The molecule has 0 heterocycles. The van der Waals surface area contributed by atoms with E-state index in [2.05, 4.69) is 30.4 Å². The lowest BCUT2D eigenvalue weighted by molar-refractivity contribution is -0.139. The van der Waals surface area contributed by atoms with Crippen molar-refractivity contribution in [2.75, 3.05) is 12.8 Å². The molecule has 0 spiro atoms. The lowest BCUT2D eigenvalue weighted by atomic mass is 10.0. The van der Waals surface area contributed by atoms with Crippen LogP contribution < -0.4 is 5.32 Å². The summed E-state index contributed by atoms with van der Waals surface area (Å²) >= 11 is 14.0. The predicted octanol–water partition coefficient (Wildman–Crippen LogP) is 5.92. The van der Waals surface area contributed by atoms with Gasteiger partial charge in [-0.25, -0.2) is 0 Å². The van der Waals surface area contributed by atoms with Crippen molar-refractivity contribution >= 4 is 46.8 Å². The van der Waals surface area contributed by atoms with Gasteiger partial charge in [0.1, 0.15) is 6.04 Å². The molecule has 34 heavy (non-hydrogen) atoms. The van der Waals surface area contributed by atoms with Crippen molar-refractivity contribution in [1.29, 1.82) is 0 Å². The van der Waals surface area contributed by atoms with Gasteiger partial charge in [0, 0.05) is 35.8 Å². The topological polar surface area (TPSA) is 49.4 Å². The monoisotopic (exact) mass is 514 g/mol. The Kier molecular flexibility index (Phi) is 9.87. The first-order valence-electron chi connectivity index (χ1n) is 11.0. The maximum Gasteiger partial charge on any atom is 0.242 e. The van der Waals surface area contributed by atoms with Gasteiger partial charge < -0.3 is 10.2 Å². The number of rotatable bonds is 10. The Hall–Kier alpha value is -2.47. The summed E-state index contributed by atoms with van der Waals surface area (Å²) < 4.78 is 0. The third-order valence-corrected chi connectivity index (χ3v) is 7.03. The van der Waals surface area contributed by atoms with E-state index in [1.54, 1.807) is 30.1 Å². The number of hydrogen-bond donors (Lipinski definition) is 1. The number of benzene rings is 3. The summed E-state index contributed by atoms with van der Waals surface area (Å²) in [5.74, 6) is 0.632. The smallest absolute Gasteiger partial charge is 0.242 e. The number of amides is 2. The van der Waals surface area contributed by atoms with E-state index in [9.17, 15) is 9.59 Å². The van der Waals surface area contributed by atoms with Crippen LogP contribution in [0.4, 0.5) is 0 Å². The normalized spacial score (nSPS) is 11.6. The second kappa shape index (κ2) is 12.8. The molecule has 3 rings (SSSR count). The molecule has 0 aromatic heterocycles. The first-order chi connectivity index (χ1) is 16.4. The lowest BCUT2D eigenvalue weighted by Crippen LogP contribution is -2.50. The van der Waals surface area contributed by atoms with Gasteiger partial charge >= 0.3 is 0 Å². The predicted molar refractivity (Wildman–Crippen MR) is 142 cm³/mol. The van der Waals surface area contributed by atoms with Crippen LogP contribution in [-0.4, -0.2) is 35.6 Å². The van der Waals surface area contributed by atoms with Crippen LogP contribution in [0.3, 0.4) is 0 Å². The summed E-state index contributed by atoms with van der Waals surface area (Å²) in [6.07, 6.45) is 0.403. The molecule has 1 atom stereocenters.